The van der Waals surface area contributed by atoms with Gasteiger partial charge in [0.25, 0.3) is 0 Å². The number of amides is 1. The minimum Gasteiger partial charge on any atom is -0.368 e. The first-order valence-electron chi connectivity index (χ1n) is 7.39. The van der Waals surface area contributed by atoms with Crippen LogP contribution in [0.4, 0.5) is 5.69 Å². The highest BCUT2D eigenvalue weighted by Crippen LogP contribution is 2.17. The molecular weight excluding hydrogens is 250 g/mol. The second-order valence-corrected chi connectivity index (χ2v) is 5.74. The van der Waals surface area contributed by atoms with E-state index in [1.165, 1.54) is 11.3 Å². The highest BCUT2D eigenvalue weighted by Gasteiger charge is 2.21. The summed E-state index contributed by atoms with van der Waals surface area (Å²) in [5.41, 5.74) is 2.54. The van der Waals surface area contributed by atoms with Crippen molar-refractivity contribution in [2.24, 2.45) is 0 Å². The summed E-state index contributed by atoms with van der Waals surface area (Å²) in [5, 5.41) is 3.19. The van der Waals surface area contributed by atoms with E-state index in [1.807, 2.05) is 4.90 Å². The van der Waals surface area contributed by atoms with Crippen LogP contribution in [0.3, 0.4) is 0 Å². The predicted octanol–water partition coefficient (Wildman–Crippen LogP) is 1.64. The third-order valence-corrected chi connectivity index (χ3v) is 3.66. The summed E-state index contributed by atoms with van der Waals surface area (Å²) < 4.78 is 0. The Bertz CT molecular complexity index is 451. The van der Waals surface area contributed by atoms with Crippen LogP contribution in [0.25, 0.3) is 0 Å². The van der Waals surface area contributed by atoms with Crippen LogP contribution in [0, 0.1) is 6.92 Å². The van der Waals surface area contributed by atoms with Crippen LogP contribution in [0.2, 0.25) is 0 Å². The molecule has 1 aliphatic heterocycles. The zero-order valence-corrected chi connectivity index (χ0v) is 12.7. The van der Waals surface area contributed by atoms with Crippen molar-refractivity contribution < 1.29 is 4.79 Å². The van der Waals surface area contributed by atoms with E-state index in [2.05, 4.69) is 55.3 Å². The van der Waals surface area contributed by atoms with Gasteiger partial charge < -0.3 is 15.1 Å². The van der Waals surface area contributed by atoms with Crippen molar-refractivity contribution in [1.82, 2.24) is 10.2 Å². The molecule has 1 aromatic rings. The molecular formula is C16H25N3O. The van der Waals surface area contributed by atoms with E-state index in [4.69, 9.17) is 0 Å². The molecule has 1 aromatic carbocycles. The number of nitrogens with zero attached hydrogens (tertiary/aromatic N) is 2. The maximum atomic E-state index is 12.0. The number of carbonyl (C=O) groups is 1. The van der Waals surface area contributed by atoms with Crippen molar-refractivity contribution in [1.29, 1.82) is 0 Å². The predicted molar refractivity (Wildman–Crippen MR) is 83.1 cm³/mol. The Hall–Kier alpha value is -1.55. The zero-order valence-electron chi connectivity index (χ0n) is 12.7. The lowest BCUT2D eigenvalue weighted by Crippen LogP contribution is -2.51. The lowest BCUT2D eigenvalue weighted by Gasteiger charge is -2.36. The quantitative estimate of drug-likeness (QED) is 0.907. The normalized spacial score (nSPS) is 15.8. The first-order chi connectivity index (χ1) is 9.56. The van der Waals surface area contributed by atoms with Gasteiger partial charge in [-0.3, -0.25) is 4.79 Å². The van der Waals surface area contributed by atoms with E-state index in [9.17, 15) is 4.79 Å². The van der Waals surface area contributed by atoms with Gasteiger partial charge in [-0.1, -0.05) is 26.0 Å². The zero-order chi connectivity index (χ0) is 14.5. The van der Waals surface area contributed by atoms with E-state index in [0.717, 1.165) is 26.2 Å². The lowest BCUT2D eigenvalue weighted by atomic mass is 10.2. The molecule has 0 radical (unpaired) electrons. The summed E-state index contributed by atoms with van der Waals surface area (Å²) in [6, 6.07) is 8.91. The largest absolute Gasteiger partial charge is 0.368 e. The highest BCUT2D eigenvalue weighted by molar-refractivity contribution is 5.78. The van der Waals surface area contributed by atoms with Gasteiger partial charge in [0.15, 0.2) is 0 Å². The highest BCUT2D eigenvalue weighted by atomic mass is 16.2. The number of rotatable bonds is 4. The number of hydrogen-bond donors (Lipinski definition) is 1. The number of hydrogen-bond acceptors (Lipinski definition) is 3. The Labute approximate surface area is 121 Å². The molecule has 20 heavy (non-hydrogen) atoms. The van der Waals surface area contributed by atoms with Crippen LogP contribution < -0.4 is 10.2 Å². The van der Waals surface area contributed by atoms with Crippen LogP contribution in [-0.4, -0.2) is 49.6 Å². The third-order valence-electron chi connectivity index (χ3n) is 3.66. The van der Waals surface area contributed by atoms with Crippen LogP contribution >= 0.6 is 0 Å². The Balaban J connectivity index is 1.84. The van der Waals surface area contributed by atoms with E-state index < -0.39 is 0 Å². The van der Waals surface area contributed by atoms with Gasteiger partial charge in [0.05, 0.1) is 6.54 Å². The standard InChI is InChI=1S/C16H25N3O/c1-13(2)17-12-16(20)19-9-7-18(8-10-19)15-6-4-5-14(3)11-15/h4-6,11,13,17H,7-10,12H2,1-3H3. The van der Waals surface area contributed by atoms with Crippen molar-refractivity contribution in [3.8, 4) is 0 Å². The molecule has 0 atom stereocenters. The molecule has 0 aliphatic carbocycles. The molecule has 0 aromatic heterocycles. The van der Waals surface area contributed by atoms with Gasteiger partial charge in [0.1, 0.15) is 0 Å². The van der Waals surface area contributed by atoms with Crippen LogP contribution in [0.5, 0.6) is 0 Å². The lowest BCUT2D eigenvalue weighted by molar-refractivity contribution is -0.130. The fourth-order valence-electron chi connectivity index (χ4n) is 2.44. The van der Waals surface area contributed by atoms with Crippen LogP contribution in [0.1, 0.15) is 19.4 Å². The average Bonchev–Trinajstić information content (AvgIpc) is 2.45. The van der Waals surface area contributed by atoms with Gasteiger partial charge in [-0.25, -0.2) is 0 Å². The topological polar surface area (TPSA) is 35.6 Å². The van der Waals surface area contributed by atoms with Crippen molar-refractivity contribution in [3.63, 3.8) is 0 Å². The smallest absolute Gasteiger partial charge is 0.236 e. The number of carbonyl (C=O) groups excluding carboxylic acids is 1. The van der Waals surface area contributed by atoms with Gasteiger partial charge in [-0.15, -0.1) is 0 Å². The number of nitrogens with one attached hydrogen (secondary N) is 1. The molecule has 0 spiro atoms. The maximum absolute atomic E-state index is 12.0. The Morgan fingerprint density at radius 3 is 2.55 bits per heavy atom. The van der Waals surface area contributed by atoms with Crippen LogP contribution in [0.15, 0.2) is 24.3 Å². The molecule has 1 N–H and O–H groups in total. The maximum Gasteiger partial charge on any atom is 0.236 e. The van der Waals surface area contributed by atoms with Gasteiger partial charge in [-0.2, -0.15) is 0 Å². The number of anilines is 1. The van der Waals surface area contributed by atoms with E-state index in [0.29, 0.717) is 12.6 Å². The second kappa shape index (κ2) is 6.75. The molecule has 1 heterocycles. The summed E-state index contributed by atoms with van der Waals surface area (Å²) in [5.74, 6) is 0.211. The van der Waals surface area contributed by atoms with Gasteiger partial charge in [-0.05, 0) is 24.6 Å². The molecule has 4 heteroatoms. The molecule has 2 rings (SSSR count). The van der Waals surface area contributed by atoms with E-state index in [-0.39, 0.29) is 5.91 Å². The first kappa shape index (κ1) is 14.9. The summed E-state index contributed by atoms with van der Waals surface area (Å²) in [4.78, 5) is 16.4. The molecule has 1 aliphatic rings. The van der Waals surface area contributed by atoms with Crippen molar-refractivity contribution in [3.05, 3.63) is 29.8 Å². The van der Waals surface area contributed by atoms with Gasteiger partial charge >= 0.3 is 0 Å². The van der Waals surface area contributed by atoms with Crippen molar-refractivity contribution in [2.75, 3.05) is 37.6 Å². The molecule has 0 saturated carbocycles. The Kier molecular flexibility index (Phi) is 5.01. The number of aryl methyl sites for hydroxylation is 1. The molecule has 4 nitrogen and oxygen atoms in total. The fraction of sp³-hybridized carbons (Fsp3) is 0.562. The summed E-state index contributed by atoms with van der Waals surface area (Å²) >= 11 is 0. The molecule has 0 bridgehead atoms. The van der Waals surface area contributed by atoms with Gasteiger partial charge in [0, 0.05) is 37.9 Å². The minimum atomic E-state index is 0.211. The fourth-order valence-corrected chi connectivity index (χ4v) is 2.44. The van der Waals surface area contributed by atoms with Crippen LogP contribution in [-0.2, 0) is 4.79 Å². The summed E-state index contributed by atoms with van der Waals surface area (Å²) in [6.07, 6.45) is 0. The van der Waals surface area contributed by atoms with E-state index in [1.54, 1.807) is 0 Å². The summed E-state index contributed by atoms with van der Waals surface area (Å²) in [6.45, 7) is 10.1. The number of piperazine rings is 1. The molecule has 0 unspecified atom stereocenters. The number of benzene rings is 1. The SMILES string of the molecule is Cc1cccc(N2CCN(C(=O)CNC(C)C)CC2)c1. The molecule has 110 valence electrons. The molecule has 1 saturated heterocycles. The monoisotopic (exact) mass is 275 g/mol. The average molecular weight is 275 g/mol. The first-order valence-corrected chi connectivity index (χ1v) is 7.39. The third kappa shape index (κ3) is 3.97. The van der Waals surface area contributed by atoms with Crippen molar-refractivity contribution >= 4 is 11.6 Å². The Morgan fingerprint density at radius 2 is 1.95 bits per heavy atom. The molecule has 1 amide bonds. The van der Waals surface area contributed by atoms with E-state index >= 15 is 0 Å². The minimum absolute atomic E-state index is 0.211. The van der Waals surface area contributed by atoms with Gasteiger partial charge in [0.2, 0.25) is 5.91 Å². The van der Waals surface area contributed by atoms with Crippen molar-refractivity contribution in [2.45, 2.75) is 26.8 Å². The molecule has 1 fully saturated rings. The summed E-state index contributed by atoms with van der Waals surface area (Å²) in [7, 11) is 0. The second-order valence-electron chi connectivity index (χ2n) is 5.74. The Morgan fingerprint density at radius 1 is 1.25 bits per heavy atom.